The Bertz CT molecular complexity index is 994. The Kier molecular flexibility index (Phi) is 3.39. The van der Waals surface area contributed by atoms with Crippen LogP contribution in [0, 0.1) is 0 Å². The predicted octanol–water partition coefficient (Wildman–Crippen LogP) is 1.77. The van der Waals surface area contributed by atoms with E-state index in [1.54, 1.807) is 24.3 Å². The molecule has 0 spiro atoms. The first-order valence-electron chi connectivity index (χ1n) is 6.19. The molecule has 2 N–H and O–H groups in total. The van der Waals surface area contributed by atoms with Crippen molar-refractivity contribution in [3.05, 3.63) is 58.9 Å². The standard InChI is InChI=1S/C14H10N2O5S/c17-14-11-3-1-2-4-12(11)15-13(16-14)9-5-7-10(8-6-9)21-22(18,19)20/h1-8H,(H,15,16,17)(H,18,19,20). The molecule has 8 heteroatoms. The smallest absolute Gasteiger partial charge is 0.362 e. The number of nitrogens with zero attached hydrogens (tertiary/aromatic N) is 1. The maximum atomic E-state index is 12.0. The molecule has 1 aromatic heterocycles. The average Bonchev–Trinajstić information content (AvgIpc) is 2.46. The molecule has 0 saturated carbocycles. The Morgan fingerprint density at radius 3 is 2.41 bits per heavy atom. The fourth-order valence-corrected chi connectivity index (χ4v) is 2.37. The van der Waals surface area contributed by atoms with Crippen molar-refractivity contribution in [1.29, 1.82) is 0 Å². The number of benzene rings is 2. The third kappa shape index (κ3) is 2.97. The van der Waals surface area contributed by atoms with Crippen molar-refractivity contribution in [1.82, 2.24) is 9.97 Å². The third-order valence-electron chi connectivity index (χ3n) is 2.94. The van der Waals surface area contributed by atoms with Gasteiger partial charge in [0.2, 0.25) is 0 Å². The van der Waals surface area contributed by atoms with Crippen LogP contribution in [-0.4, -0.2) is 22.9 Å². The molecular formula is C14H10N2O5S. The van der Waals surface area contributed by atoms with Crippen molar-refractivity contribution in [3.63, 3.8) is 0 Å². The monoisotopic (exact) mass is 318 g/mol. The second-order valence-corrected chi connectivity index (χ2v) is 5.49. The van der Waals surface area contributed by atoms with E-state index in [1.807, 2.05) is 0 Å². The van der Waals surface area contributed by atoms with Gasteiger partial charge in [0.15, 0.2) is 0 Å². The minimum absolute atomic E-state index is 0.0469. The summed E-state index contributed by atoms with van der Waals surface area (Å²) in [6, 6.07) is 12.7. The second kappa shape index (κ2) is 5.24. The molecule has 112 valence electrons. The van der Waals surface area contributed by atoms with Crippen molar-refractivity contribution in [2.45, 2.75) is 0 Å². The highest BCUT2D eigenvalue weighted by Crippen LogP contribution is 2.20. The Morgan fingerprint density at radius 1 is 1.05 bits per heavy atom. The summed E-state index contributed by atoms with van der Waals surface area (Å²) < 4.78 is 34.2. The molecule has 0 aliphatic heterocycles. The molecule has 0 radical (unpaired) electrons. The van der Waals surface area contributed by atoms with Gasteiger partial charge in [-0.15, -0.1) is 0 Å². The van der Waals surface area contributed by atoms with Gasteiger partial charge in [0, 0.05) is 5.56 Å². The van der Waals surface area contributed by atoms with Crippen LogP contribution in [0.1, 0.15) is 0 Å². The van der Waals surface area contributed by atoms with Crippen molar-refractivity contribution in [3.8, 4) is 17.1 Å². The summed E-state index contributed by atoms with van der Waals surface area (Å²) in [6.45, 7) is 0. The molecule has 0 aliphatic carbocycles. The van der Waals surface area contributed by atoms with E-state index >= 15 is 0 Å². The number of fused-ring (bicyclic) bond motifs is 1. The summed E-state index contributed by atoms with van der Waals surface area (Å²) >= 11 is 0. The largest absolute Gasteiger partial charge is 0.446 e. The Morgan fingerprint density at radius 2 is 1.73 bits per heavy atom. The number of nitrogens with one attached hydrogen (secondary N) is 1. The minimum atomic E-state index is -4.56. The molecule has 0 aliphatic rings. The summed E-state index contributed by atoms with van der Waals surface area (Å²) in [4.78, 5) is 19.0. The Hall–Kier alpha value is -2.71. The lowest BCUT2D eigenvalue weighted by Crippen LogP contribution is -2.09. The summed E-state index contributed by atoms with van der Waals surface area (Å²) in [7, 11) is -4.56. The normalized spacial score (nSPS) is 11.5. The number of rotatable bonds is 3. The maximum Gasteiger partial charge on any atom is 0.446 e. The van der Waals surface area contributed by atoms with Gasteiger partial charge in [-0.25, -0.2) is 4.98 Å². The van der Waals surface area contributed by atoms with E-state index in [9.17, 15) is 13.2 Å². The first-order chi connectivity index (χ1) is 10.4. The molecule has 0 saturated heterocycles. The highest BCUT2D eigenvalue weighted by atomic mass is 32.3. The molecule has 2 aromatic carbocycles. The fraction of sp³-hybridized carbons (Fsp3) is 0. The molecule has 0 atom stereocenters. The van der Waals surface area contributed by atoms with Crippen LogP contribution in [0.4, 0.5) is 0 Å². The van der Waals surface area contributed by atoms with Crippen LogP contribution in [-0.2, 0) is 10.4 Å². The molecule has 22 heavy (non-hydrogen) atoms. The molecule has 0 unspecified atom stereocenters. The highest BCUT2D eigenvalue weighted by Gasteiger charge is 2.09. The number of H-pyrrole nitrogens is 1. The predicted molar refractivity (Wildman–Crippen MR) is 80.0 cm³/mol. The first kappa shape index (κ1) is 14.2. The van der Waals surface area contributed by atoms with Crippen LogP contribution < -0.4 is 9.74 Å². The van der Waals surface area contributed by atoms with Crippen LogP contribution in [0.25, 0.3) is 22.3 Å². The zero-order chi connectivity index (χ0) is 15.7. The molecule has 7 nitrogen and oxygen atoms in total. The second-order valence-electron chi connectivity index (χ2n) is 4.47. The first-order valence-corrected chi connectivity index (χ1v) is 7.55. The van der Waals surface area contributed by atoms with E-state index in [2.05, 4.69) is 14.2 Å². The van der Waals surface area contributed by atoms with Crippen LogP contribution in [0.15, 0.2) is 53.3 Å². The van der Waals surface area contributed by atoms with Crippen molar-refractivity contribution in [2.24, 2.45) is 0 Å². The number of para-hydroxylation sites is 1. The molecule has 0 fully saturated rings. The number of aromatic amines is 1. The summed E-state index contributed by atoms with van der Waals surface area (Å²) in [6.07, 6.45) is 0. The fourth-order valence-electron chi connectivity index (χ4n) is 2.01. The molecule has 3 rings (SSSR count). The van der Waals surface area contributed by atoms with Gasteiger partial charge in [0.05, 0.1) is 10.9 Å². The van der Waals surface area contributed by atoms with E-state index in [-0.39, 0.29) is 11.3 Å². The Balaban J connectivity index is 2.03. The van der Waals surface area contributed by atoms with E-state index in [4.69, 9.17) is 4.55 Å². The third-order valence-corrected chi connectivity index (χ3v) is 3.35. The van der Waals surface area contributed by atoms with E-state index < -0.39 is 10.4 Å². The van der Waals surface area contributed by atoms with E-state index in [0.717, 1.165) is 0 Å². The van der Waals surface area contributed by atoms with Crippen LogP contribution in [0.5, 0.6) is 5.75 Å². The lowest BCUT2D eigenvalue weighted by Gasteiger charge is -2.05. The molecule has 3 aromatic rings. The maximum absolute atomic E-state index is 12.0. The minimum Gasteiger partial charge on any atom is -0.362 e. The van der Waals surface area contributed by atoms with Crippen LogP contribution in [0.3, 0.4) is 0 Å². The highest BCUT2D eigenvalue weighted by molar-refractivity contribution is 7.81. The van der Waals surface area contributed by atoms with Crippen LogP contribution >= 0.6 is 0 Å². The van der Waals surface area contributed by atoms with Gasteiger partial charge in [-0.3, -0.25) is 9.35 Å². The van der Waals surface area contributed by atoms with Crippen molar-refractivity contribution in [2.75, 3.05) is 0 Å². The lowest BCUT2D eigenvalue weighted by atomic mass is 10.2. The topological polar surface area (TPSA) is 109 Å². The molecule has 0 amide bonds. The van der Waals surface area contributed by atoms with Crippen molar-refractivity contribution < 1.29 is 17.2 Å². The molecular weight excluding hydrogens is 308 g/mol. The van der Waals surface area contributed by atoms with Gasteiger partial charge >= 0.3 is 10.4 Å². The van der Waals surface area contributed by atoms with Gasteiger partial charge in [0.1, 0.15) is 11.6 Å². The SMILES string of the molecule is O=c1[nH]c(-c2ccc(OS(=O)(=O)O)cc2)nc2ccccc12. The molecule has 0 bridgehead atoms. The van der Waals surface area contributed by atoms with E-state index in [0.29, 0.717) is 22.3 Å². The summed E-state index contributed by atoms with van der Waals surface area (Å²) in [5, 5.41) is 0.484. The van der Waals surface area contributed by atoms with E-state index in [1.165, 1.54) is 24.3 Å². The Labute approximate surface area is 125 Å². The molecule has 1 heterocycles. The van der Waals surface area contributed by atoms with Gasteiger partial charge in [-0.05, 0) is 36.4 Å². The number of hydrogen-bond acceptors (Lipinski definition) is 5. The van der Waals surface area contributed by atoms with Gasteiger partial charge in [0.25, 0.3) is 5.56 Å². The lowest BCUT2D eigenvalue weighted by molar-refractivity contribution is 0.387. The summed E-state index contributed by atoms with van der Waals surface area (Å²) in [5.41, 5.74) is 0.865. The summed E-state index contributed by atoms with van der Waals surface area (Å²) in [5.74, 6) is 0.302. The quantitative estimate of drug-likeness (QED) is 0.712. The van der Waals surface area contributed by atoms with Gasteiger partial charge in [-0.1, -0.05) is 12.1 Å². The van der Waals surface area contributed by atoms with Crippen LogP contribution in [0.2, 0.25) is 0 Å². The number of aromatic nitrogens is 2. The van der Waals surface area contributed by atoms with Gasteiger partial charge < -0.3 is 9.17 Å². The number of hydrogen-bond donors (Lipinski definition) is 2. The zero-order valence-electron chi connectivity index (χ0n) is 11.1. The zero-order valence-corrected chi connectivity index (χ0v) is 11.9. The van der Waals surface area contributed by atoms with Gasteiger partial charge in [-0.2, -0.15) is 8.42 Å². The van der Waals surface area contributed by atoms with Crippen molar-refractivity contribution >= 4 is 21.3 Å². The average molecular weight is 318 g/mol.